The maximum Gasteiger partial charge on any atom is 0.129 e. The highest BCUT2D eigenvalue weighted by molar-refractivity contribution is 6.42. The molecule has 0 bridgehead atoms. The van der Waals surface area contributed by atoms with Crippen LogP contribution in [0, 0.1) is 5.82 Å². The summed E-state index contributed by atoms with van der Waals surface area (Å²) >= 11 is 11.8. The summed E-state index contributed by atoms with van der Waals surface area (Å²) in [7, 11) is 0. The summed E-state index contributed by atoms with van der Waals surface area (Å²) in [4.78, 5) is 0. The van der Waals surface area contributed by atoms with E-state index in [0.717, 1.165) is 25.7 Å². The minimum absolute atomic E-state index is 0. The fourth-order valence-electron chi connectivity index (χ4n) is 1.64. The third kappa shape index (κ3) is 4.63. The van der Waals surface area contributed by atoms with Crippen molar-refractivity contribution in [2.75, 3.05) is 0 Å². The lowest BCUT2D eigenvalue weighted by Crippen LogP contribution is -2.13. The molecule has 0 unspecified atom stereocenters. The van der Waals surface area contributed by atoms with Crippen molar-refractivity contribution in [3.05, 3.63) is 33.6 Å². The zero-order valence-corrected chi connectivity index (χ0v) is 12.0. The van der Waals surface area contributed by atoms with Gasteiger partial charge in [0.1, 0.15) is 5.82 Å². The van der Waals surface area contributed by atoms with Crippen molar-refractivity contribution in [2.45, 2.75) is 38.6 Å². The van der Waals surface area contributed by atoms with Gasteiger partial charge in [0, 0.05) is 11.6 Å². The summed E-state index contributed by atoms with van der Waals surface area (Å²) in [5.41, 5.74) is 6.26. The van der Waals surface area contributed by atoms with Crippen LogP contribution >= 0.6 is 35.6 Å². The highest BCUT2D eigenvalue weighted by atomic mass is 35.5. The molecule has 0 spiro atoms. The molecule has 0 aliphatic heterocycles. The first-order chi connectivity index (χ1) is 7.57. The van der Waals surface area contributed by atoms with Crippen molar-refractivity contribution < 1.29 is 4.39 Å². The molecule has 0 radical (unpaired) electrons. The molecule has 1 aromatic carbocycles. The minimum Gasteiger partial charge on any atom is -0.324 e. The molecule has 0 saturated carbocycles. The van der Waals surface area contributed by atoms with Gasteiger partial charge >= 0.3 is 0 Å². The van der Waals surface area contributed by atoms with E-state index >= 15 is 0 Å². The summed E-state index contributed by atoms with van der Waals surface area (Å²) in [6.45, 7) is 2.11. The largest absolute Gasteiger partial charge is 0.324 e. The smallest absolute Gasteiger partial charge is 0.129 e. The van der Waals surface area contributed by atoms with Crippen LogP contribution in [0.1, 0.15) is 44.2 Å². The second kappa shape index (κ2) is 8.15. The molecule has 1 rings (SSSR count). The van der Waals surface area contributed by atoms with E-state index in [2.05, 4.69) is 6.92 Å². The molecule has 17 heavy (non-hydrogen) atoms. The Bertz CT molecular complexity index is 358. The number of benzene rings is 1. The predicted octanol–water partition coefficient (Wildman–Crippen LogP) is 5.13. The second-order valence-electron chi connectivity index (χ2n) is 3.86. The number of halogens is 4. The van der Waals surface area contributed by atoms with E-state index < -0.39 is 0 Å². The van der Waals surface area contributed by atoms with Gasteiger partial charge in [-0.3, -0.25) is 0 Å². The normalized spacial score (nSPS) is 12.1. The molecule has 0 saturated heterocycles. The van der Waals surface area contributed by atoms with Crippen LogP contribution in [-0.2, 0) is 0 Å². The van der Waals surface area contributed by atoms with Crippen molar-refractivity contribution in [2.24, 2.45) is 5.73 Å². The van der Waals surface area contributed by atoms with Crippen LogP contribution in [0.2, 0.25) is 10.0 Å². The maximum atomic E-state index is 13.6. The second-order valence-corrected chi connectivity index (χ2v) is 4.64. The van der Waals surface area contributed by atoms with Crippen molar-refractivity contribution in [3.8, 4) is 0 Å². The number of unbranched alkanes of at least 4 members (excludes halogenated alkanes) is 2. The fraction of sp³-hybridized carbons (Fsp3) is 0.500. The Morgan fingerprint density at radius 1 is 1.29 bits per heavy atom. The summed E-state index contributed by atoms with van der Waals surface area (Å²) in [5.74, 6) is -0.376. The molecular weight excluding hydrogens is 283 g/mol. The number of rotatable bonds is 5. The zero-order valence-electron chi connectivity index (χ0n) is 9.68. The van der Waals surface area contributed by atoms with E-state index in [1.165, 1.54) is 12.1 Å². The minimum atomic E-state index is -0.377. The van der Waals surface area contributed by atoms with Gasteiger partial charge in [0.15, 0.2) is 0 Å². The number of hydrogen-bond donors (Lipinski definition) is 1. The van der Waals surface area contributed by atoms with Crippen LogP contribution in [0.5, 0.6) is 0 Å². The zero-order chi connectivity index (χ0) is 12.1. The molecular formula is C12H17Cl3FN. The first kappa shape index (κ1) is 17.0. The molecule has 2 N–H and O–H groups in total. The van der Waals surface area contributed by atoms with Gasteiger partial charge in [0.25, 0.3) is 0 Å². The van der Waals surface area contributed by atoms with Gasteiger partial charge < -0.3 is 5.73 Å². The van der Waals surface area contributed by atoms with Crippen molar-refractivity contribution in [1.29, 1.82) is 0 Å². The summed E-state index contributed by atoms with van der Waals surface area (Å²) in [5, 5.41) is 0.592. The first-order valence-electron chi connectivity index (χ1n) is 5.46. The van der Waals surface area contributed by atoms with Crippen LogP contribution in [0.25, 0.3) is 0 Å². The van der Waals surface area contributed by atoms with Crippen LogP contribution in [0.4, 0.5) is 4.39 Å². The topological polar surface area (TPSA) is 26.0 Å². The highest BCUT2D eigenvalue weighted by Gasteiger charge is 2.17. The van der Waals surface area contributed by atoms with E-state index in [0.29, 0.717) is 10.6 Å². The molecule has 0 heterocycles. The van der Waals surface area contributed by atoms with E-state index in [-0.39, 0.29) is 29.3 Å². The van der Waals surface area contributed by atoms with Crippen LogP contribution in [-0.4, -0.2) is 0 Å². The maximum absolute atomic E-state index is 13.6. The van der Waals surface area contributed by atoms with E-state index in [1.54, 1.807) is 0 Å². The van der Waals surface area contributed by atoms with Gasteiger partial charge in [-0.2, -0.15) is 0 Å². The molecule has 0 fully saturated rings. The first-order valence-corrected chi connectivity index (χ1v) is 6.22. The Labute approximate surface area is 118 Å². The average Bonchev–Trinajstić information content (AvgIpc) is 2.24. The monoisotopic (exact) mass is 299 g/mol. The van der Waals surface area contributed by atoms with Gasteiger partial charge in [-0.05, 0) is 18.6 Å². The Morgan fingerprint density at radius 2 is 1.94 bits per heavy atom. The van der Waals surface area contributed by atoms with Crippen LogP contribution in [0.15, 0.2) is 12.1 Å². The van der Waals surface area contributed by atoms with Crippen LogP contribution in [0.3, 0.4) is 0 Å². The summed E-state index contributed by atoms with van der Waals surface area (Å²) < 4.78 is 13.6. The predicted molar refractivity (Wildman–Crippen MR) is 74.7 cm³/mol. The van der Waals surface area contributed by atoms with Crippen LogP contribution < -0.4 is 5.73 Å². The van der Waals surface area contributed by atoms with Gasteiger partial charge in [-0.25, -0.2) is 4.39 Å². The van der Waals surface area contributed by atoms with Gasteiger partial charge in [-0.15, -0.1) is 12.4 Å². The van der Waals surface area contributed by atoms with Gasteiger partial charge in [0.05, 0.1) is 10.0 Å². The summed E-state index contributed by atoms with van der Waals surface area (Å²) in [6, 6.07) is 2.38. The summed E-state index contributed by atoms with van der Waals surface area (Å²) in [6.07, 6.45) is 3.90. The average molecular weight is 301 g/mol. The number of nitrogens with two attached hydrogens (primary N) is 1. The molecule has 1 atom stereocenters. The number of hydrogen-bond acceptors (Lipinski definition) is 1. The van der Waals surface area contributed by atoms with E-state index in [4.69, 9.17) is 28.9 Å². The molecule has 98 valence electrons. The highest BCUT2D eigenvalue weighted by Crippen LogP contribution is 2.33. The Hall–Kier alpha value is -0.0200. The third-order valence-electron chi connectivity index (χ3n) is 2.57. The Morgan fingerprint density at radius 3 is 2.53 bits per heavy atom. The lowest BCUT2D eigenvalue weighted by Gasteiger charge is -2.15. The fourth-order valence-corrected chi connectivity index (χ4v) is 2.10. The van der Waals surface area contributed by atoms with E-state index in [9.17, 15) is 4.39 Å². The standard InChI is InChI=1S/C12H16Cl2FN.ClH/c1-2-3-4-5-10(16)11-9(15)7-6-8(13)12(11)14;/h6-7,10H,2-5,16H2,1H3;1H/t10-;/m1./s1. The van der Waals surface area contributed by atoms with Gasteiger partial charge in [-0.1, -0.05) is 49.4 Å². The van der Waals surface area contributed by atoms with Crippen molar-refractivity contribution in [3.63, 3.8) is 0 Å². The van der Waals surface area contributed by atoms with Crippen molar-refractivity contribution in [1.82, 2.24) is 0 Å². The van der Waals surface area contributed by atoms with Crippen molar-refractivity contribution >= 4 is 35.6 Å². The quantitative estimate of drug-likeness (QED) is 0.592. The molecule has 1 aromatic rings. The Kier molecular flexibility index (Phi) is 8.14. The molecule has 1 nitrogen and oxygen atoms in total. The molecule has 0 aliphatic carbocycles. The molecule has 0 aromatic heterocycles. The van der Waals surface area contributed by atoms with E-state index in [1.807, 2.05) is 0 Å². The lowest BCUT2D eigenvalue weighted by molar-refractivity contribution is 0.539. The SMILES string of the molecule is CCCCC[C@@H](N)c1c(F)ccc(Cl)c1Cl.Cl. The molecule has 5 heteroatoms. The molecule has 0 amide bonds. The lowest BCUT2D eigenvalue weighted by atomic mass is 10.0. The van der Waals surface area contributed by atoms with Gasteiger partial charge in [0.2, 0.25) is 0 Å². The third-order valence-corrected chi connectivity index (χ3v) is 3.39. The molecule has 0 aliphatic rings. The Balaban J connectivity index is 0.00000256.